The summed E-state index contributed by atoms with van der Waals surface area (Å²) in [5, 5.41) is 7.31. The minimum atomic E-state index is 0.0244. The van der Waals surface area contributed by atoms with E-state index < -0.39 is 0 Å². The van der Waals surface area contributed by atoms with E-state index in [1.807, 2.05) is 12.1 Å². The maximum absolute atomic E-state index is 7.31. The molecule has 0 spiro atoms. The predicted octanol–water partition coefficient (Wildman–Crippen LogP) is 1.21. The van der Waals surface area contributed by atoms with Crippen molar-refractivity contribution in [3.63, 3.8) is 0 Å². The summed E-state index contributed by atoms with van der Waals surface area (Å²) in [4.78, 5) is 6.33. The van der Waals surface area contributed by atoms with Crippen LogP contribution in [0.3, 0.4) is 0 Å². The van der Waals surface area contributed by atoms with E-state index in [4.69, 9.17) is 11.1 Å². The first-order valence-electron chi connectivity index (χ1n) is 5.19. The molecule has 1 aromatic heterocycles. The van der Waals surface area contributed by atoms with E-state index in [0.717, 1.165) is 25.2 Å². The van der Waals surface area contributed by atoms with Crippen molar-refractivity contribution in [2.45, 2.75) is 20.4 Å². The Balaban J connectivity index is 2.77. The summed E-state index contributed by atoms with van der Waals surface area (Å²) in [7, 11) is 0. The van der Waals surface area contributed by atoms with Crippen molar-refractivity contribution < 1.29 is 0 Å². The van der Waals surface area contributed by atoms with Crippen LogP contribution >= 0.6 is 0 Å². The molecular weight excluding hydrogens is 188 g/mol. The zero-order chi connectivity index (χ0) is 11.3. The van der Waals surface area contributed by atoms with Crippen molar-refractivity contribution >= 4 is 5.84 Å². The number of hydrogen-bond acceptors (Lipinski definition) is 3. The van der Waals surface area contributed by atoms with Crippen LogP contribution in [0.2, 0.25) is 0 Å². The number of rotatable bonds is 5. The summed E-state index contributed by atoms with van der Waals surface area (Å²) < 4.78 is 0. The van der Waals surface area contributed by atoms with Crippen LogP contribution in [0, 0.1) is 5.41 Å². The molecule has 0 saturated carbocycles. The standard InChI is InChI=1S/C11H18N4/c1-3-15(4-2)8-9-5-6-14-10(7-9)11(12)13/h5-7H,3-4,8H2,1-2H3,(H3,12,13). The predicted molar refractivity (Wildman–Crippen MR) is 61.9 cm³/mol. The molecule has 3 N–H and O–H groups in total. The SMILES string of the molecule is CCN(CC)Cc1ccnc(C(=N)N)c1. The molecule has 1 rings (SSSR count). The summed E-state index contributed by atoms with van der Waals surface area (Å²) in [5.74, 6) is 0.0244. The second-order valence-corrected chi connectivity index (χ2v) is 3.42. The Morgan fingerprint density at radius 3 is 2.67 bits per heavy atom. The van der Waals surface area contributed by atoms with Gasteiger partial charge in [0.2, 0.25) is 0 Å². The lowest BCUT2D eigenvalue weighted by molar-refractivity contribution is 0.296. The molecular formula is C11H18N4. The van der Waals surface area contributed by atoms with Crippen molar-refractivity contribution in [3.05, 3.63) is 29.6 Å². The molecule has 4 nitrogen and oxygen atoms in total. The van der Waals surface area contributed by atoms with Crippen molar-refractivity contribution in [3.8, 4) is 0 Å². The number of amidine groups is 1. The number of nitrogens with zero attached hydrogens (tertiary/aromatic N) is 2. The van der Waals surface area contributed by atoms with Crippen LogP contribution in [0.4, 0.5) is 0 Å². The van der Waals surface area contributed by atoms with Gasteiger partial charge >= 0.3 is 0 Å². The van der Waals surface area contributed by atoms with Gasteiger partial charge in [-0.1, -0.05) is 13.8 Å². The van der Waals surface area contributed by atoms with Crippen molar-refractivity contribution in [2.75, 3.05) is 13.1 Å². The molecule has 0 aliphatic carbocycles. The number of aromatic nitrogens is 1. The molecule has 0 aliphatic heterocycles. The summed E-state index contributed by atoms with van der Waals surface area (Å²) >= 11 is 0. The van der Waals surface area contributed by atoms with Gasteiger partial charge in [-0.2, -0.15) is 0 Å². The van der Waals surface area contributed by atoms with Gasteiger partial charge in [0.15, 0.2) is 0 Å². The number of pyridine rings is 1. The maximum atomic E-state index is 7.31. The van der Waals surface area contributed by atoms with Gasteiger partial charge in [-0.05, 0) is 30.8 Å². The van der Waals surface area contributed by atoms with E-state index in [1.54, 1.807) is 6.20 Å². The molecule has 0 amide bonds. The summed E-state index contributed by atoms with van der Waals surface area (Å²) in [6, 6.07) is 3.84. The first kappa shape index (κ1) is 11.7. The zero-order valence-electron chi connectivity index (χ0n) is 9.33. The molecule has 0 aromatic carbocycles. The van der Waals surface area contributed by atoms with Crippen LogP contribution in [0.25, 0.3) is 0 Å². The smallest absolute Gasteiger partial charge is 0.141 e. The Labute approximate surface area is 90.6 Å². The van der Waals surface area contributed by atoms with Gasteiger partial charge in [0.25, 0.3) is 0 Å². The van der Waals surface area contributed by atoms with Gasteiger partial charge in [-0.15, -0.1) is 0 Å². The summed E-state index contributed by atoms with van der Waals surface area (Å²) in [6.45, 7) is 7.20. The minimum Gasteiger partial charge on any atom is -0.382 e. The highest BCUT2D eigenvalue weighted by Gasteiger charge is 2.03. The van der Waals surface area contributed by atoms with Gasteiger partial charge in [0.1, 0.15) is 11.5 Å². The van der Waals surface area contributed by atoms with E-state index in [0.29, 0.717) is 5.69 Å². The van der Waals surface area contributed by atoms with E-state index in [9.17, 15) is 0 Å². The van der Waals surface area contributed by atoms with Crippen LogP contribution in [0.15, 0.2) is 18.3 Å². The Kier molecular flexibility index (Phi) is 4.24. The van der Waals surface area contributed by atoms with Crippen molar-refractivity contribution in [1.82, 2.24) is 9.88 Å². The Bertz CT molecular complexity index is 331. The third-order valence-electron chi connectivity index (χ3n) is 2.40. The molecule has 82 valence electrons. The van der Waals surface area contributed by atoms with Crippen LogP contribution < -0.4 is 5.73 Å². The van der Waals surface area contributed by atoms with Crippen LogP contribution in [0.5, 0.6) is 0 Å². The molecule has 0 saturated heterocycles. The average molecular weight is 206 g/mol. The lowest BCUT2D eigenvalue weighted by Crippen LogP contribution is -2.22. The lowest BCUT2D eigenvalue weighted by Gasteiger charge is -2.17. The molecule has 4 heteroatoms. The van der Waals surface area contributed by atoms with E-state index in [-0.39, 0.29) is 5.84 Å². The van der Waals surface area contributed by atoms with Gasteiger partial charge in [0.05, 0.1) is 0 Å². The third-order valence-corrected chi connectivity index (χ3v) is 2.40. The first-order chi connectivity index (χ1) is 7.17. The number of nitrogens with one attached hydrogen (secondary N) is 1. The molecule has 0 unspecified atom stereocenters. The molecule has 1 aromatic rings. The van der Waals surface area contributed by atoms with E-state index in [2.05, 4.69) is 23.7 Å². The fourth-order valence-electron chi connectivity index (χ4n) is 1.43. The highest BCUT2D eigenvalue weighted by molar-refractivity contribution is 5.93. The Morgan fingerprint density at radius 2 is 2.13 bits per heavy atom. The first-order valence-corrected chi connectivity index (χ1v) is 5.19. The molecule has 0 fully saturated rings. The molecule has 1 heterocycles. The van der Waals surface area contributed by atoms with E-state index >= 15 is 0 Å². The van der Waals surface area contributed by atoms with Crippen molar-refractivity contribution in [2.24, 2.45) is 5.73 Å². The normalized spacial score (nSPS) is 10.6. The summed E-state index contributed by atoms with van der Waals surface area (Å²) in [6.07, 6.45) is 1.70. The zero-order valence-corrected chi connectivity index (χ0v) is 9.33. The fraction of sp³-hybridized carbons (Fsp3) is 0.455. The monoisotopic (exact) mass is 206 g/mol. The second kappa shape index (κ2) is 5.46. The van der Waals surface area contributed by atoms with E-state index in [1.165, 1.54) is 0 Å². The number of nitrogen functional groups attached to an aromatic ring is 1. The van der Waals surface area contributed by atoms with Crippen LogP contribution in [-0.2, 0) is 6.54 Å². The highest BCUT2D eigenvalue weighted by Crippen LogP contribution is 2.05. The molecule has 0 radical (unpaired) electrons. The van der Waals surface area contributed by atoms with Crippen molar-refractivity contribution in [1.29, 1.82) is 5.41 Å². The average Bonchev–Trinajstić information content (AvgIpc) is 2.26. The van der Waals surface area contributed by atoms with Crippen LogP contribution in [-0.4, -0.2) is 28.8 Å². The Hall–Kier alpha value is -1.42. The quantitative estimate of drug-likeness (QED) is 0.562. The largest absolute Gasteiger partial charge is 0.382 e. The van der Waals surface area contributed by atoms with Gasteiger partial charge in [-0.25, -0.2) is 0 Å². The highest BCUT2D eigenvalue weighted by atomic mass is 15.1. The fourth-order valence-corrected chi connectivity index (χ4v) is 1.43. The molecule has 0 bridgehead atoms. The molecule has 15 heavy (non-hydrogen) atoms. The van der Waals surface area contributed by atoms with Gasteiger partial charge < -0.3 is 5.73 Å². The minimum absolute atomic E-state index is 0.0244. The van der Waals surface area contributed by atoms with Gasteiger partial charge in [0, 0.05) is 12.7 Å². The lowest BCUT2D eigenvalue weighted by atomic mass is 10.2. The number of nitrogens with two attached hydrogens (primary N) is 1. The maximum Gasteiger partial charge on any atom is 0.141 e. The number of hydrogen-bond donors (Lipinski definition) is 2. The topological polar surface area (TPSA) is 66.0 Å². The molecule has 0 aliphatic rings. The second-order valence-electron chi connectivity index (χ2n) is 3.42. The third kappa shape index (κ3) is 3.32. The Morgan fingerprint density at radius 1 is 1.47 bits per heavy atom. The molecule has 0 atom stereocenters. The summed E-state index contributed by atoms with van der Waals surface area (Å²) in [5.41, 5.74) is 7.09. The van der Waals surface area contributed by atoms with Gasteiger partial charge in [-0.3, -0.25) is 15.3 Å². The van der Waals surface area contributed by atoms with Crippen LogP contribution in [0.1, 0.15) is 25.1 Å².